The molecule has 1 saturated carbocycles. The predicted octanol–water partition coefficient (Wildman–Crippen LogP) is 2.27. The highest BCUT2D eigenvalue weighted by Crippen LogP contribution is 2.18. The molecule has 1 unspecified atom stereocenters. The van der Waals surface area contributed by atoms with Crippen molar-refractivity contribution in [2.45, 2.75) is 69.9 Å². The van der Waals surface area contributed by atoms with Crippen molar-refractivity contribution in [1.82, 2.24) is 10.2 Å². The number of carbonyl (C=O) groups excluding carboxylic acids is 1. The molecule has 0 aromatic rings. The number of nitrogens with one attached hydrogen (secondary N) is 1. The van der Waals surface area contributed by atoms with Crippen LogP contribution in [-0.4, -0.2) is 41.3 Å². The molecule has 0 bridgehead atoms. The van der Waals surface area contributed by atoms with Crippen LogP contribution in [0.2, 0.25) is 0 Å². The van der Waals surface area contributed by atoms with Crippen LogP contribution in [0.3, 0.4) is 0 Å². The van der Waals surface area contributed by atoms with E-state index in [1.807, 2.05) is 0 Å². The monoisotopic (exact) mass is 254 g/mol. The first-order chi connectivity index (χ1) is 8.75. The molecule has 2 amide bonds. The van der Waals surface area contributed by atoms with E-state index in [0.29, 0.717) is 12.6 Å². The second-order valence-electron chi connectivity index (χ2n) is 5.73. The summed E-state index contributed by atoms with van der Waals surface area (Å²) in [5, 5.41) is 12.7. The summed E-state index contributed by atoms with van der Waals surface area (Å²) in [5.41, 5.74) is 0. The maximum absolute atomic E-state index is 12.1. The number of rotatable bonds is 1. The summed E-state index contributed by atoms with van der Waals surface area (Å²) in [5.74, 6) is 0. The molecule has 4 nitrogen and oxygen atoms in total. The van der Waals surface area contributed by atoms with Crippen molar-refractivity contribution in [3.05, 3.63) is 0 Å². The quantitative estimate of drug-likeness (QED) is 0.754. The predicted molar refractivity (Wildman–Crippen MR) is 71.5 cm³/mol. The highest BCUT2D eigenvalue weighted by atomic mass is 16.3. The minimum atomic E-state index is -0.332. The topological polar surface area (TPSA) is 52.6 Å². The zero-order valence-electron chi connectivity index (χ0n) is 11.2. The molecule has 0 aromatic heterocycles. The number of likely N-dealkylation sites (tertiary alicyclic amines) is 1. The maximum atomic E-state index is 12.1. The van der Waals surface area contributed by atoms with Gasteiger partial charge in [0, 0.05) is 19.1 Å². The van der Waals surface area contributed by atoms with Crippen LogP contribution in [0.1, 0.15) is 57.8 Å². The smallest absolute Gasteiger partial charge is 0.317 e. The van der Waals surface area contributed by atoms with E-state index in [-0.39, 0.29) is 12.1 Å². The average Bonchev–Trinajstić information content (AvgIpc) is 2.32. The Kier molecular flexibility index (Phi) is 5.29. The van der Waals surface area contributed by atoms with Gasteiger partial charge in [0.05, 0.1) is 6.10 Å². The van der Waals surface area contributed by atoms with Crippen LogP contribution in [-0.2, 0) is 0 Å². The molecule has 1 saturated heterocycles. The van der Waals surface area contributed by atoms with Gasteiger partial charge in [-0.2, -0.15) is 0 Å². The lowest BCUT2D eigenvalue weighted by Crippen LogP contribution is -2.49. The highest BCUT2D eigenvalue weighted by molar-refractivity contribution is 5.74. The Labute approximate surface area is 110 Å². The standard InChI is InChI=1S/C14H26N2O2/c17-13-9-6-10-16(11-13)14(18)15-12-7-4-2-1-3-5-8-12/h12-13,17H,1-11H2,(H,15,18). The summed E-state index contributed by atoms with van der Waals surface area (Å²) in [7, 11) is 0. The number of aliphatic hydroxyl groups excluding tert-OH is 1. The van der Waals surface area contributed by atoms with Crippen LogP contribution < -0.4 is 5.32 Å². The minimum absolute atomic E-state index is 0.0272. The molecule has 18 heavy (non-hydrogen) atoms. The van der Waals surface area contributed by atoms with Crippen LogP contribution in [0, 0.1) is 0 Å². The van der Waals surface area contributed by atoms with Gasteiger partial charge >= 0.3 is 6.03 Å². The van der Waals surface area contributed by atoms with E-state index in [9.17, 15) is 9.90 Å². The normalized spacial score (nSPS) is 27.4. The number of carbonyl (C=O) groups is 1. The lowest BCUT2D eigenvalue weighted by molar-refractivity contribution is 0.0829. The summed E-state index contributed by atoms with van der Waals surface area (Å²) in [6.45, 7) is 1.29. The fourth-order valence-electron chi connectivity index (χ4n) is 3.01. The number of nitrogens with zero attached hydrogens (tertiary/aromatic N) is 1. The van der Waals surface area contributed by atoms with E-state index in [0.717, 1.165) is 32.2 Å². The summed E-state index contributed by atoms with van der Waals surface area (Å²) in [6, 6.07) is 0.371. The van der Waals surface area contributed by atoms with Gasteiger partial charge < -0.3 is 15.3 Å². The molecule has 1 aliphatic carbocycles. The van der Waals surface area contributed by atoms with Gasteiger partial charge in [-0.15, -0.1) is 0 Å². The van der Waals surface area contributed by atoms with E-state index in [2.05, 4.69) is 5.32 Å². The summed E-state index contributed by atoms with van der Waals surface area (Å²) in [4.78, 5) is 13.9. The highest BCUT2D eigenvalue weighted by Gasteiger charge is 2.23. The van der Waals surface area contributed by atoms with Gasteiger partial charge in [-0.05, 0) is 25.7 Å². The zero-order chi connectivity index (χ0) is 12.8. The fraction of sp³-hybridized carbons (Fsp3) is 0.929. The molecule has 2 N–H and O–H groups in total. The number of β-amino-alcohol motifs (C(OH)–C–C–N with tert-alkyl or cyclic N) is 1. The van der Waals surface area contributed by atoms with Crippen molar-refractivity contribution in [2.75, 3.05) is 13.1 Å². The lowest BCUT2D eigenvalue weighted by atomic mass is 9.97. The van der Waals surface area contributed by atoms with Crippen LogP contribution in [0.15, 0.2) is 0 Å². The number of hydrogen-bond acceptors (Lipinski definition) is 2. The Morgan fingerprint density at radius 2 is 1.67 bits per heavy atom. The third kappa shape index (κ3) is 4.16. The lowest BCUT2D eigenvalue weighted by Gasteiger charge is -2.32. The number of aliphatic hydroxyl groups is 1. The summed E-state index contributed by atoms with van der Waals surface area (Å²) in [6.07, 6.45) is 10.0. The molecule has 0 aromatic carbocycles. The van der Waals surface area contributed by atoms with E-state index >= 15 is 0 Å². The SMILES string of the molecule is O=C(NC1CCCCCCC1)N1CCCC(O)C1. The first-order valence-corrected chi connectivity index (χ1v) is 7.49. The molecule has 104 valence electrons. The second-order valence-corrected chi connectivity index (χ2v) is 5.73. The van der Waals surface area contributed by atoms with Gasteiger partial charge in [0.25, 0.3) is 0 Å². The van der Waals surface area contributed by atoms with Crippen molar-refractivity contribution in [1.29, 1.82) is 0 Å². The molecule has 1 aliphatic heterocycles. The van der Waals surface area contributed by atoms with Crippen molar-refractivity contribution in [2.24, 2.45) is 0 Å². The Bertz CT molecular complexity index is 263. The molecule has 0 radical (unpaired) electrons. The van der Waals surface area contributed by atoms with Crippen LogP contribution in [0.25, 0.3) is 0 Å². The number of hydrogen-bond donors (Lipinski definition) is 2. The van der Waals surface area contributed by atoms with Crippen molar-refractivity contribution in [3.8, 4) is 0 Å². The van der Waals surface area contributed by atoms with Gasteiger partial charge in [0.2, 0.25) is 0 Å². The summed E-state index contributed by atoms with van der Waals surface area (Å²) < 4.78 is 0. The van der Waals surface area contributed by atoms with Gasteiger partial charge in [-0.3, -0.25) is 0 Å². The largest absolute Gasteiger partial charge is 0.391 e. The number of piperidine rings is 1. The van der Waals surface area contributed by atoms with E-state index in [1.54, 1.807) is 4.90 Å². The first-order valence-electron chi connectivity index (χ1n) is 7.49. The Morgan fingerprint density at radius 3 is 2.33 bits per heavy atom. The first kappa shape index (κ1) is 13.7. The zero-order valence-corrected chi connectivity index (χ0v) is 11.2. The number of urea groups is 1. The molecule has 4 heteroatoms. The third-order valence-corrected chi connectivity index (χ3v) is 4.12. The Morgan fingerprint density at radius 1 is 1.00 bits per heavy atom. The molecule has 2 fully saturated rings. The number of amides is 2. The molecular formula is C14H26N2O2. The van der Waals surface area contributed by atoms with Gasteiger partial charge in [-0.25, -0.2) is 4.79 Å². The maximum Gasteiger partial charge on any atom is 0.317 e. The van der Waals surface area contributed by atoms with Crippen LogP contribution in [0.4, 0.5) is 4.79 Å². The van der Waals surface area contributed by atoms with E-state index in [1.165, 1.54) is 32.1 Å². The van der Waals surface area contributed by atoms with Gasteiger partial charge in [-0.1, -0.05) is 32.1 Å². The Balaban J connectivity index is 1.77. The van der Waals surface area contributed by atoms with E-state index in [4.69, 9.17) is 0 Å². The van der Waals surface area contributed by atoms with Crippen LogP contribution in [0.5, 0.6) is 0 Å². The van der Waals surface area contributed by atoms with Crippen LogP contribution >= 0.6 is 0 Å². The van der Waals surface area contributed by atoms with Gasteiger partial charge in [0.1, 0.15) is 0 Å². The minimum Gasteiger partial charge on any atom is -0.391 e. The van der Waals surface area contributed by atoms with Crippen molar-refractivity contribution in [3.63, 3.8) is 0 Å². The molecule has 2 rings (SSSR count). The van der Waals surface area contributed by atoms with Crippen molar-refractivity contribution < 1.29 is 9.90 Å². The van der Waals surface area contributed by atoms with Gasteiger partial charge in [0.15, 0.2) is 0 Å². The summed E-state index contributed by atoms with van der Waals surface area (Å²) >= 11 is 0. The molecule has 1 atom stereocenters. The van der Waals surface area contributed by atoms with Crippen molar-refractivity contribution >= 4 is 6.03 Å². The average molecular weight is 254 g/mol. The fourth-order valence-corrected chi connectivity index (χ4v) is 3.01. The molecular weight excluding hydrogens is 228 g/mol. The second kappa shape index (κ2) is 6.98. The third-order valence-electron chi connectivity index (χ3n) is 4.12. The molecule has 0 spiro atoms. The van der Waals surface area contributed by atoms with E-state index < -0.39 is 0 Å². The molecule has 1 heterocycles. The Hall–Kier alpha value is -0.770. The molecule has 2 aliphatic rings.